The Morgan fingerprint density at radius 1 is 1.37 bits per heavy atom. The molecule has 0 unspecified atom stereocenters. The van der Waals surface area contributed by atoms with Crippen molar-refractivity contribution in [1.82, 2.24) is 9.78 Å². The van der Waals surface area contributed by atoms with Crippen molar-refractivity contribution in [2.75, 3.05) is 6.61 Å². The van der Waals surface area contributed by atoms with Crippen LogP contribution < -0.4 is 4.74 Å². The Labute approximate surface area is 111 Å². The van der Waals surface area contributed by atoms with E-state index in [1.807, 2.05) is 31.2 Å². The Hall–Kier alpha value is -2.30. The first-order valence-corrected chi connectivity index (χ1v) is 6.07. The molecule has 0 radical (unpaired) electrons. The number of aliphatic carboxylic acids is 1. The highest BCUT2D eigenvalue weighted by Gasteiger charge is 2.13. The normalized spacial score (nSPS) is 10.4. The largest absolute Gasteiger partial charge is 0.494 e. The van der Waals surface area contributed by atoms with Gasteiger partial charge in [0.05, 0.1) is 24.9 Å². The number of carboxylic acids is 1. The highest BCUT2D eigenvalue weighted by molar-refractivity contribution is 5.75. The molecule has 5 nitrogen and oxygen atoms in total. The molecule has 0 aliphatic carbocycles. The maximum absolute atomic E-state index is 10.9. The fourth-order valence-electron chi connectivity index (χ4n) is 1.95. The van der Waals surface area contributed by atoms with Crippen molar-refractivity contribution in [3.63, 3.8) is 0 Å². The first-order valence-electron chi connectivity index (χ1n) is 6.07. The van der Waals surface area contributed by atoms with E-state index in [9.17, 15) is 4.79 Å². The number of carbonyl (C=O) groups is 1. The minimum Gasteiger partial charge on any atom is -0.494 e. The zero-order valence-electron chi connectivity index (χ0n) is 11.0. The molecule has 0 atom stereocenters. The first kappa shape index (κ1) is 13.1. The topological polar surface area (TPSA) is 64.4 Å². The van der Waals surface area contributed by atoms with E-state index in [4.69, 9.17) is 9.84 Å². The summed E-state index contributed by atoms with van der Waals surface area (Å²) in [6.07, 6.45) is 1.65. The first-order chi connectivity index (χ1) is 9.11. The fraction of sp³-hybridized carbons (Fsp3) is 0.286. The molecule has 0 spiro atoms. The van der Waals surface area contributed by atoms with Crippen molar-refractivity contribution in [3.8, 4) is 16.9 Å². The number of carboxylic acid groups (broad SMARTS) is 1. The van der Waals surface area contributed by atoms with Gasteiger partial charge in [0.1, 0.15) is 5.75 Å². The molecule has 1 aromatic heterocycles. The molecule has 0 fully saturated rings. The lowest BCUT2D eigenvalue weighted by Crippen LogP contribution is -2.07. The molecule has 0 aliphatic heterocycles. The van der Waals surface area contributed by atoms with Gasteiger partial charge in [-0.2, -0.15) is 5.10 Å². The summed E-state index contributed by atoms with van der Waals surface area (Å²) in [5, 5.41) is 13.1. The summed E-state index contributed by atoms with van der Waals surface area (Å²) < 4.78 is 6.98. The molecule has 0 saturated carbocycles. The molecule has 2 rings (SSSR count). The second kappa shape index (κ2) is 5.56. The third-order valence-electron chi connectivity index (χ3n) is 2.86. The van der Waals surface area contributed by atoms with Crippen LogP contribution in [0.4, 0.5) is 0 Å². The maximum Gasteiger partial charge on any atom is 0.309 e. The number of ether oxygens (including phenoxy) is 1. The molecule has 0 amide bonds. The smallest absolute Gasteiger partial charge is 0.309 e. The van der Waals surface area contributed by atoms with Gasteiger partial charge in [0.25, 0.3) is 0 Å². The van der Waals surface area contributed by atoms with Crippen LogP contribution in [0.5, 0.6) is 5.75 Å². The molecule has 0 bridgehead atoms. The van der Waals surface area contributed by atoms with Gasteiger partial charge in [0.15, 0.2) is 0 Å². The SMILES string of the molecule is CCOc1ccc(-c2cnn(C)c2CC(=O)O)cc1. The lowest BCUT2D eigenvalue weighted by atomic mass is 10.0. The number of aromatic nitrogens is 2. The monoisotopic (exact) mass is 260 g/mol. The van der Waals surface area contributed by atoms with E-state index in [2.05, 4.69) is 5.10 Å². The Kier molecular flexibility index (Phi) is 3.85. The van der Waals surface area contributed by atoms with Gasteiger partial charge in [-0.15, -0.1) is 0 Å². The van der Waals surface area contributed by atoms with Gasteiger partial charge in [0, 0.05) is 12.6 Å². The van der Waals surface area contributed by atoms with Crippen molar-refractivity contribution in [2.24, 2.45) is 7.05 Å². The Bertz CT molecular complexity index is 573. The quantitative estimate of drug-likeness (QED) is 0.894. The average molecular weight is 260 g/mol. The van der Waals surface area contributed by atoms with Crippen molar-refractivity contribution >= 4 is 5.97 Å². The molecule has 1 heterocycles. The van der Waals surface area contributed by atoms with Crippen LogP contribution in [0.25, 0.3) is 11.1 Å². The zero-order chi connectivity index (χ0) is 13.8. The van der Waals surface area contributed by atoms with Crippen LogP contribution in [0.3, 0.4) is 0 Å². The van der Waals surface area contributed by atoms with Crippen molar-refractivity contribution in [1.29, 1.82) is 0 Å². The minimum absolute atomic E-state index is 0.0426. The molecule has 1 N–H and O–H groups in total. The Balaban J connectivity index is 2.33. The van der Waals surface area contributed by atoms with Crippen LogP contribution in [-0.4, -0.2) is 27.5 Å². The maximum atomic E-state index is 10.9. The zero-order valence-corrected chi connectivity index (χ0v) is 11.0. The summed E-state index contributed by atoms with van der Waals surface area (Å²) in [6.45, 7) is 2.55. The molecule has 2 aromatic rings. The van der Waals surface area contributed by atoms with Gasteiger partial charge in [0.2, 0.25) is 0 Å². The highest BCUT2D eigenvalue weighted by Crippen LogP contribution is 2.25. The van der Waals surface area contributed by atoms with Crippen LogP contribution in [0.1, 0.15) is 12.6 Å². The summed E-state index contributed by atoms with van der Waals surface area (Å²) in [5.41, 5.74) is 2.47. The summed E-state index contributed by atoms with van der Waals surface area (Å²) in [4.78, 5) is 10.9. The van der Waals surface area contributed by atoms with Crippen LogP contribution in [0.15, 0.2) is 30.5 Å². The third kappa shape index (κ3) is 2.93. The molecule has 19 heavy (non-hydrogen) atoms. The summed E-state index contributed by atoms with van der Waals surface area (Å²) in [6, 6.07) is 7.56. The number of nitrogens with zero attached hydrogens (tertiary/aromatic N) is 2. The lowest BCUT2D eigenvalue weighted by molar-refractivity contribution is -0.136. The minimum atomic E-state index is -0.865. The molecule has 0 aliphatic rings. The van der Waals surface area contributed by atoms with E-state index in [-0.39, 0.29) is 6.42 Å². The van der Waals surface area contributed by atoms with E-state index in [1.165, 1.54) is 0 Å². The summed E-state index contributed by atoms with van der Waals surface area (Å²) in [7, 11) is 1.75. The highest BCUT2D eigenvalue weighted by atomic mass is 16.5. The predicted octanol–water partition coefficient (Wildman–Crippen LogP) is 2.11. The Morgan fingerprint density at radius 3 is 2.63 bits per heavy atom. The number of benzene rings is 1. The molecular weight excluding hydrogens is 244 g/mol. The second-order valence-corrected chi connectivity index (χ2v) is 4.16. The second-order valence-electron chi connectivity index (χ2n) is 4.16. The summed E-state index contributed by atoms with van der Waals surface area (Å²) >= 11 is 0. The van der Waals surface area contributed by atoms with Gasteiger partial charge >= 0.3 is 5.97 Å². The summed E-state index contributed by atoms with van der Waals surface area (Å²) in [5.74, 6) is -0.0642. The van der Waals surface area contributed by atoms with Gasteiger partial charge in [-0.3, -0.25) is 9.48 Å². The van der Waals surface area contributed by atoms with Crippen molar-refractivity contribution in [3.05, 3.63) is 36.2 Å². The number of rotatable bonds is 5. The molecule has 100 valence electrons. The van der Waals surface area contributed by atoms with Gasteiger partial charge in [-0.1, -0.05) is 12.1 Å². The van der Waals surface area contributed by atoms with Crippen LogP contribution in [0.2, 0.25) is 0 Å². The number of hydrogen-bond donors (Lipinski definition) is 1. The van der Waals surface area contributed by atoms with Crippen molar-refractivity contribution in [2.45, 2.75) is 13.3 Å². The average Bonchev–Trinajstić information content (AvgIpc) is 2.72. The van der Waals surface area contributed by atoms with Crippen LogP contribution >= 0.6 is 0 Å². The van der Waals surface area contributed by atoms with Crippen LogP contribution in [0, 0.1) is 0 Å². The molecular formula is C14H16N2O3. The van der Waals surface area contributed by atoms with E-state index >= 15 is 0 Å². The number of hydrogen-bond acceptors (Lipinski definition) is 3. The molecule has 1 aromatic carbocycles. The molecule has 5 heteroatoms. The van der Waals surface area contributed by atoms with Gasteiger partial charge < -0.3 is 9.84 Å². The van der Waals surface area contributed by atoms with E-state index in [0.717, 1.165) is 16.9 Å². The molecule has 0 saturated heterocycles. The van der Waals surface area contributed by atoms with Gasteiger partial charge in [-0.25, -0.2) is 0 Å². The third-order valence-corrected chi connectivity index (χ3v) is 2.86. The standard InChI is InChI=1S/C14H16N2O3/c1-3-19-11-6-4-10(5-7-11)12-9-15-16(2)13(12)8-14(17)18/h4-7,9H,3,8H2,1-2H3,(H,17,18). The van der Waals surface area contributed by atoms with Gasteiger partial charge in [-0.05, 0) is 24.6 Å². The fourth-order valence-corrected chi connectivity index (χ4v) is 1.95. The van der Waals surface area contributed by atoms with E-state index in [1.54, 1.807) is 17.9 Å². The van der Waals surface area contributed by atoms with E-state index in [0.29, 0.717) is 12.3 Å². The van der Waals surface area contributed by atoms with Crippen molar-refractivity contribution < 1.29 is 14.6 Å². The predicted molar refractivity (Wildman–Crippen MR) is 71.2 cm³/mol. The number of aryl methyl sites for hydroxylation is 1. The van der Waals surface area contributed by atoms with Crippen LogP contribution in [-0.2, 0) is 18.3 Å². The Morgan fingerprint density at radius 2 is 2.05 bits per heavy atom. The lowest BCUT2D eigenvalue weighted by Gasteiger charge is -2.06. The van der Waals surface area contributed by atoms with E-state index < -0.39 is 5.97 Å².